The van der Waals surface area contributed by atoms with E-state index in [0.717, 1.165) is 44.1 Å². The number of carbonyl (C=O) groups is 2. The summed E-state index contributed by atoms with van der Waals surface area (Å²) in [6.45, 7) is 13.0. The molecule has 2 aliphatic carbocycles. The van der Waals surface area contributed by atoms with Crippen molar-refractivity contribution < 1.29 is 14.3 Å². The maximum Gasteiger partial charge on any atom is 0.274 e. The van der Waals surface area contributed by atoms with Crippen molar-refractivity contribution in [1.29, 1.82) is 0 Å². The number of rotatable bonds is 14. The lowest BCUT2D eigenvalue weighted by Gasteiger charge is -2.38. The number of benzene rings is 1. The van der Waals surface area contributed by atoms with E-state index in [4.69, 9.17) is 9.72 Å². The predicted octanol–water partition coefficient (Wildman–Crippen LogP) is 6.90. The van der Waals surface area contributed by atoms with Crippen molar-refractivity contribution >= 4 is 35.0 Å². The van der Waals surface area contributed by atoms with Gasteiger partial charge in [-0.05, 0) is 109 Å². The fourth-order valence-corrected chi connectivity index (χ4v) is 7.23. The van der Waals surface area contributed by atoms with Gasteiger partial charge in [-0.1, -0.05) is 32.8 Å². The van der Waals surface area contributed by atoms with Gasteiger partial charge >= 0.3 is 0 Å². The van der Waals surface area contributed by atoms with Gasteiger partial charge in [0.05, 0.1) is 19.0 Å². The van der Waals surface area contributed by atoms with Crippen LogP contribution in [0.1, 0.15) is 103 Å². The molecule has 2 amide bonds. The van der Waals surface area contributed by atoms with E-state index in [2.05, 4.69) is 34.4 Å². The number of methoxy groups -OCH3 is 1. The highest BCUT2D eigenvalue weighted by atomic mass is 16.5. The van der Waals surface area contributed by atoms with Crippen LogP contribution in [0.2, 0.25) is 0 Å². The molecule has 1 atom stereocenters. The van der Waals surface area contributed by atoms with Crippen molar-refractivity contribution in [2.24, 2.45) is 11.8 Å². The molecule has 2 fully saturated rings. The van der Waals surface area contributed by atoms with Gasteiger partial charge < -0.3 is 30.1 Å². The first-order valence-corrected chi connectivity index (χ1v) is 17.7. The van der Waals surface area contributed by atoms with E-state index >= 15 is 0 Å². The summed E-state index contributed by atoms with van der Waals surface area (Å²) in [7, 11) is 3.32. The minimum Gasteiger partial charge on any atom is -0.495 e. The van der Waals surface area contributed by atoms with E-state index in [1.807, 2.05) is 37.8 Å². The molecule has 1 aliphatic heterocycles. The number of likely N-dealkylation sites (N-methyl/N-ethyl adjacent to an activating group) is 1. The molecule has 0 radical (unpaired) electrons. The molecule has 2 aromatic rings. The normalized spacial score (nSPS) is 21.3. The third-order valence-electron chi connectivity index (χ3n) is 10.0. The number of ether oxygens (including phenoxy) is 1. The van der Waals surface area contributed by atoms with Crippen LogP contribution >= 0.6 is 0 Å². The Morgan fingerprint density at radius 3 is 2.51 bits per heavy atom. The summed E-state index contributed by atoms with van der Waals surface area (Å²) < 4.78 is 5.69. The van der Waals surface area contributed by atoms with Crippen LogP contribution in [0.25, 0.3) is 0 Å². The van der Waals surface area contributed by atoms with Gasteiger partial charge in [-0.2, -0.15) is 4.98 Å². The molecule has 0 unspecified atom stereocenters. The Kier molecular flexibility index (Phi) is 11.4. The van der Waals surface area contributed by atoms with Crippen LogP contribution < -0.4 is 25.2 Å². The van der Waals surface area contributed by atoms with Crippen molar-refractivity contribution in [3.63, 3.8) is 0 Å². The van der Waals surface area contributed by atoms with E-state index in [-0.39, 0.29) is 23.9 Å². The Morgan fingerprint density at radius 2 is 1.87 bits per heavy atom. The fourth-order valence-electron chi connectivity index (χ4n) is 7.23. The van der Waals surface area contributed by atoms with Crippen LogP contribution in [0.3, 0.4) is 0 Å². The van der Waals surface area contributed by atoms with Crippen LogP contribution in [0.5, 0.6) is 5.75 Å². The average Bonchev–Trinajstić information content (AvgIpc) is 3.88. The van der Waals surface area contributed by atoms with Gasteiger partial charge in [0.25, 0.3) is 11.8 Å². The first kappa shape index (κ1) is 34.7. The van der Waals surface area contributed by atoms with Crippen LogP contribution in [0.4, 0.5) is 23.1 Å². The van der Waals surface area contributed by atoms with Crippen molar-refractivity contribution in [1.82, 2.24) is 20.2 Å². The molecular weight excluding hydrogens is 590 g/mol. The number of hydrogen-bond acceptors (Lipinski definition) is 8. The minimum atomic E-state index is -0.0934. The molecule has 3 aliphatic rings. The first-order valence-electron chi connectivity index (χ1n) is 17.7. The Morgan fingerprint density at radius 1 is 1.13 bits per heavy atom. The van der Waals surface area contributed by atoms with Gasteiger partial charge in [0, 0.05) is 30.7 Å². The molecule has 1 aromatic carbocycles. The standard InChI is InChI=1S/C37H55N7O3/c1-8-19-43(20-18-25(5)21-26-10-11-26)29-15-13-28(14-16-29)39-35(45)27-12-17-30(33(22-27)47-7)40-37-38-23-32-34(41-37)44(24(3)4)31(9-2)36(46)42(32)6/h9,12,17,22-26,28-29H,8,10-11,13-16,18-21H2,1-7H3,(H,39,45)(H,38,40,41)/b31-9+/t25-,28?,29?/m0/s1. The highest BCUT2D eigenvalue weighted by molar-refractivity contribution is 6.12. The summed E-state index contributed by atoms with van der Waals surface area (Å²) in [5.41, 5.74) is 2.43. The first-order chi connectivity index (χ1) is 22.6. The summed E-state index contributed by atoms with van der Waals surface area (Å²) in [6, 6.07) is 6.21. The maximum atomic E-state index is 13.4. The number of nitrogens with one attached hydrogen (secondary N) is 2. The maximum absolute atomic E-state index is 13.4. The summed E-state index contributed by atoms with van der Waals surface area (Å²) in [5, 5.41) is 6.55. The molecule has 47 heavy (non-hydrogen) atoms. The van der Waals surface area contributed by atoms with Crippen LogP contribution in [-0.4, -0.2) is 72.1 Å². The van der Waals surface area contributed by atoms with Crippen LogP contribution in [0, 0.1) is 11.8 Å². The lowest BCUT2D eigenvalue weighted by atomic mass is 9.89. The largest absolute Gasteiger partial charge is 0.495 e. The van der Waals surface area contributed by atoms with E-state index in [9.17, 15) is 9.59 Å². The molecule has 0 spiro atoms. The van der Waals surface area contributed by atoms with Crippen LogP contribution in [-0.2, 0) is 4.79 Å². The smallest absolute Gasteiger partial charge is 0.274 e. The summed E-state index contributed by atoms with van der Waals surface area (Å²) in [6.07, 6.45) is 14.5. The second-order valence-corrected chi connectivity index (χ2v) is 14.0. The van der Waals surface area contributed by atoms with E-state index < -0.39 is 0 Å². The number of aromatic nitrogens is 2. The monoisotopic (exact) mass is 645 g/mol. The van der Waals surface area contributed by atoms with E-state index in [0.29, 0.717) is 46.2 Å². The molecule has 1 aromatic heterocycles. The molecule has 256 valence electrons. The van der Waals surface area contributed by atoms with Gasteiger partial charge in [-0.3, -0.25) is 9.59 Å². The van der Waals surface area contributed by atoms with Gasteiger partial charge in [0.15, 0.2) is 5.82 Å². The Labute approximate surface area is 281 Å². The summed E-state index contributed by atoms with van der Waals surface area (Å²) in [4.78, 5) is 41.8. The number of amides is 2. The fraction of sp³-hybridized carbons (Fsp3) is 0.622. The second-order valence-electron chi connectivity index (χ2n) is 14.0. The second kappa shape index (κ2) is 15.5. The zero-order valence-corrected chi connectivity index (χ0v) is 29.5. The van der Waals surface area contributed by atoms with Gasteiger partial charge in [-0.15, -0.1) is 0 Å². The third-order valence-corrected chi connectivity index (χ3v) is 10.0. The molecule has 5 rings (SSSR count). The van der Waals surface area contributed by atoms with Crippen molar-refractivity contribution in [2.75, 3.05) is 42.4 Å². The summed E-state index contributed by atoms with van der Waals surface area (Å²) >= 11 is 0. The van der Waals surface area contributed by atoms with E-state index in [1.165, 1.54) is 38.6 Å². The number of hydrogen-bond donors (Lipinski definition) is 2. The Balaban J connectivity index is 1.19. The number of nitrogens with zero attached hydrogens (tertiary/aromatic N) is 5. The van der Waals surface area contributed by atoms with Crippen molar-refractivity contribution in [2.45, 2.75) is 111 Å². The molecule has 2 saturated carbocycles. The number of fused-ring (bicyclic) bond motifs is 1. The van der Waals surface area contributed by atoms with Crippen molar-refractivity contribution in [3.8, 4) is 5.75 Å². The molecule has 10 nitrogen and oxygen atoms in total. The molecule has 10 heteroatoms. The SMILES string of the molecule is C/C=C1\C(=O)N(C)c2cnc(Nc3ccc(C(=O)NC4CCC(N(CCC)CC[C@H](C)CC5CC5)CC4)cc3OC)nc2N1C(C)C. The Hall–Kier alpha value is -3.66. The quantitative estimate of drug-likeness (QED) is 0.214. The predicted molar refractivity (Wildman–Crippen MR) is 190 cm³/mol. The lowest BCUT2D eigenvalue weighted by Crippen LogP contribution is -2.45. The molecule has 2 N–H and O–H groups in total. The molecular formula is C37H55N7O3. The van der Waals surface area contributed by atoms with Gasteiger partial charge in [0.2, 0.25) is 5.95 Å². The average molecular weight is 646 g/mol. The number of carbonyl (C=O) groups excluding carboxylic acids is 2. The highest BCUT2D eigenvalue weighted by Gasteiger charge is 2.35. The topological polar surface area (TPSA) is 103 Å². The molecule has 0 saturated heterocycles. The minimum absolute atomic E-state index is 0.0171. The van der Waals surface area contributed by atoms with Gasteiger partial charge in [0.1, 0.15) is 17.1 Å². The van der Waals surface area contributed by atoms with Gasteiger partial charge in [-0.25, -0.2) is 4.98 Å². The number of allylic oxidation sites excluding steroid dienone is 1. The molecule has 0 bridgehead atoms. The zero-order valence-electron chi connectivity index (χ0n) is 29.5. The Bertz CT molecular complexity index is 1430. The number of anilines is 4. The van der Waals surface area contributed by atoms with E-state index in [1.54, 1.807) is 37.4 Å². The highest BCUT2D eigenvalue weighted by Crippen LogP contribution is 2.38. The summed E-state index contributed by atoms with van der Waals surface area (Å²) in [5.74, 6) is 3.19. The zero-order chi connectivity index (χ0) is 33.7. The molecule has 2 heterocycles. The van der Waals surface area contributed by atoms with Crippen molar-refractivity contribution in [3.05, 3.63) is 41.7 Å². The van der Waals surface area contributed by atoms with Crippen LogP contribution in [0.15, 0.2) is 36.2 Å². The lowest BCUT2D eigenvalue weighted by molar-refractivity contribution is -0.115. The third kappa shape index (κ3) is 8.26.